The lowest BCUT2D eigenvalue weighted by atomic mass is 9.71. The Bertz CT molecular complexity index is 633. The number of nitrogens with zero attached hydrogens (tertiary/aromatic N) is 2. The Hall–Kier alpha value is -1.59. The molecule has 0 spiro atoms. The van der Waals surface area contributed by atoms with Crippen LogP contribution in [0.15, 0.2) is 24.3 Å². The van der Waals surface area contributed by atoms with E-state index in [2.05, 4.69) is 0 Å². The molecule has 1 heterocycles. The van der Waals surface area contributed by atoms with Gasteiger partial charge in [-0.1, -0.05) is 30.9 Å². The Morgan fingerprint density at radius 3 is 2.12 bits per heavy atom. The molecule has 1 aliphatic carbocycles. The Morgan fingerprint density at radius 2 is 1.54 bits per heavy atom. The quantitative estimate of drug-likeness (QED) is 0.877. The van der Waals surface area contributed by atoms with Crippen LogP contribution < -0.4 is 5.73 Å². The van der Waals surface area contributed by atoms with Gasteiger partial charge in [0.05, 0.1) is 0 Å². The third-order valence-corrected chi connectivity index (χ3v) is 6.14. The maximum absolute atomic E-state index is 12.8. The molecular formula is C20H28ClN3O2. The van der Waals surface area contributed by atoms with E-state index in [1.54, 1.807) is 24.3 Å². The van der Waals surface area contributed by atoms with E-state index in [9.17, 15) is 9.59 Å². The molecule has 1 aromatic rings. The number of hydrogen-bond acceptors (Lipinski definition) is 3. The lowest BCUT2D eigenvalue weighted by molar-refractivity contribution is -0.135. The van der Waals surface area contributed by atoms with Crippen LogP contribution in [0.3, 0.4) is 0 Å². The predicted octanol–water partition coefficient (Wildman–Crippen LogP) is 2.92. The highest BCUT2D eigenvalue weighted by atomic mass is 35.5. The van der Waals surface area contributed by atoms with Crippen molar-refractivity contribution < 1.29 is 9.59 Å². The molecule has 2 N–H and O–H groups in total. The summed E-state index contributed by atoms with van der Waals surface area (Å²) in [6.07, 6.45) is 6.27. The van der Waals surface area contributed by atoms with Gasteiger partial charge in [0.25, 0.3) is 5.91 Å². The Morgan fingerprint density at radius 1 is 0.962 bits per heavy atom. The first kappa shape index (κ1) is 19.2. The summed E-state index contributed by atoms with van der Waals surface area (Å²) in [7, 11) is 0. The van der Waals surface area contributed by atoms with Crippen LogP contribution in [-0.4, -0.2) is 54.3 Å². The van der Waals surface area contributed by atoms with E-state index < -0.39 is 0 Å². The molecule has 2 amide bonds. The van der Waals surface area contributed by atoms with Crippen molar-refractivity contribution in [3.63, 3.8) is 0 Å². The van der Waals surface area contributed by atoms with E-state index in [4.69, 9.17) is 17.3 Å². The van der Waals surface area contributed by atoms with E-state index in [1.165, 1.54) is 19.3 Å². The second-order valence-electron chi connectivity index (χ2n) is 7.62. The highest BCUT2D eigenvalue weighted by molar-refractivity contribution is 6.30. The largest absolute Gasteiger partial charge is 0.339 e. The van der Waals surface area contributed by atoms with E-state index in [-0.39, 0.29) is 17.2 Å². The smallest absolute Gasteiger partial charge is 0.253 e. The first-order valence-corrected chi connectivity index (χ1v) is 9.93. The highest BCUT2D eigenvalue weighted by Gasteiger charge is 2.35. The molecular weight excluding hydrogens is 350 g/mol. The molecule has 1 aromatic carbocycles. The summed E-state index contributed by atoms with van der Waals surface area (Å²) >= 11 is 5.88. The molecule has 6 heteroatoms. The standard InChI is InChI=1S/C20H28ClN3O2/c21-17-6-4-16(5-7-17)19(26)24-12-10-23(11-13-24)18(25)14-20(15-22)8-2-1-3-9-20/h4-7H,1-3,8-15,22H2. The summed E-state index contributed by atoms with van der Waals surface area (Å²) in [5, 5.41) is 0.619. The van der Waals surface area contributed by atoms with Crippen molar-refractivity contribution in [2.75, 3.05) is 32.7 Å². The van der Waals surface area contributed by atoms with Gasteiger partial charge in [0, 0.05) is 43.2 Å². The van der Waals surface area contributed by atoms with Gasteiger partial charge in [0.1, 0.15) is 0 Å². The van der Waals surface area contributed by atoms with Crippen molar-refractivity contribution in [1.82, 2.24) is 9.80 Å². The van der Waals surface area contributed by atoms with Crippen LogP contribution in [0, 0.1) is 5.41 Å². The number of rotatable bonds is 4. The van der Waals surface area contributed by atoms with Crippen molar-refractivity contribution in [2.45, 2.75) is 38.5 Å². The SMILES string of the molecule is NCC1(CC(=O)N2CCN(C(=O)c3ccc(Cl)cc3)CC2)CCCCC1. The number of benzene rings is 1. The van der Waals surface area contributed by atoms with Crippen LogP contribution in [0.5, 0.6) is 0 Å². The van der Waals surface area contributed by atoms with E-state index in [0.717, 1.165) is 12.8 Å². The fraction of sp³-hybridized carbons (Fsp3) is 0.600. The van der Waals surface area contributed by atoms with Gasteiger partial charge in [-0.25, -0.2) is 0 Å². The van der Waals surface area contributed by atoms with Crippen LogP contribution in [0.1, 0.15) is 48.9 Å². The zero-order valence-electron chi connectivity index (χ0n) is 15.3. The number of amides is 2. The zero-order chi connectivity index (χ0) is 18.6. The molecule has 5 nitrogen and oxygen atoms in total. The minimum Gasteiger partial charge on any atom is -0.339 e. The molecule has 3 rings (SSSR count). The van der Waals surface area contributed by atoms with Crippen LogP contribution in [0.2, 0.25) is 5.02 Å². The number of hydrogen-bond donors (Lipinski definition) is 1. The fourth-order valence-electron chi connectivity index (χ4n) is 4.12. The van der Waals surface area contributed by atoms with Crippen molar-refractivity contribution in [1.29, 1.82) is 0 Å². The lowest BCUT2D eigenvalue weighted by Gasteiger charge is -2.39. The maximum Gasteiger partial charge on any atom is 0.253 e. The predicted molar refractivity (Wildman–Crippen MR) is 103 cm³/mol. The fourth-order valence-corrected chi connectivity index (χ4v) is 4.25. The summed E-state index contributed by atoms with van der Waals surface area (Å²) in [6, 6.07) is 6.95. The van der Waals surface area contributed by atoms with E-state index >= 15 is 0 Å². The summed E-state index contributed by atoms with van der Waals surface area (Å²) in [5.74, 6) is 0.190. The molecule has 0 atom stereocenters. The molecule has 1 aliphatic heterocycles. The van der Waals surface area contributed by atoms with Gasteiger partial charge in [0.2, 0.25) is 5.91 Å². The highest BCUT2D eigenvalue weighted by Crippen LogP contribution is 2.38. The second-order valence-corrected chi connectivity index (χ2v) is 8.06. The molecule has 0 radical (unpaired) electrons. The van der Waals surface area contributed by atoms with E-state index in [0.29, 0.717) is 49.7 Å². The van der Waals surface area contributed by atoms with Crippen molar-refractivity contribution in [3.05, 3.63) is 34.9 Å². The Labute approximate surface area is 160 Å². The molecule has 1 saturated heterocycles. The number of carbonyl (C=O) groups is 2. The van der Waals surface area contributed by atoms with Gasteiger partial charge in [0.15, 0.2) is 0 Å². The Kier molecular flexibility index (Phi) is 6.20. The zero-order valence-corrected chi connectivity index (χ0v) is 16.0. The topological polar surface area (TPSA) is 66.6 Å². The molecule has 1 saturated carbocycles. The lowest BCUT2D eigenvalue weighted by Crippen LogP contribution is -2.51. The minimum absolute atomic E-state index is 0.000486. The summed E-state index contributed by atoms with van der Waals surface area (Å²) in [6.45, 7) is 2.93. The first-order valence-electron chi connectivity index (χ1n) is 9.56. The van der Waals surface area contributed by atoms with Gasteiger partial charge in [-0.3, -0.25) is 9.59 Å². The van der Waals surface area contributed by atoms with Crippen LogP contribution >= 0.6 is 11.6 Å². The summed E-state index contributed by atoms with van der Waals surface area (Å²) in [4.78, 5) is 29.0. The van der Waals surface area contributed by atoms with Gasteiger partial charge in [-0.05, 0) is 49.1 Å². The summed E-state index contributed by atoms with van der Waals surface area (Å²) in [5.41, 5.74) is 6.65. The van der Waals surface area contributed by atoms with Crippen molar-refractivity contribution in [3.8, 4) is 0 Å². The molecule has 26 heavy (non-hydrogen) atoms. The van der Waals surface area contributed by atoms with Gasteiger partial charge >= 0.3 is 0 Å². The van der Waals surface area contributed by atoms with Gasteiger partial charge in [-0.15, -0.1) is 0 Å². The van der Waals surface area contributed by atoms with Crippen LogP contribution in [-0.2, 0) is 4.79 Å². The number of carbonyl (C=O) groups excluding carboxylic acids is 2. The monoisotopic (exact) mass is 377 g/mol. The second kappa shape index (κ2) is 8.40. The minimum atomic E-state index is -0.00834. The van der Waals surface area contributed by atoms with Crippen LogP contribution in [0.25, 0.3) is 0 Å². The maximum atomic E-state index is 12.8. The van der Waals surface area contributed by atoms with Crippen LogP contribution in [0.4, 0.5) is 0 Å². The summed E-state index contributed by atoms with van der Waals surface area (Å²) < 4.78 is 0. The first-order chi connectivity index (χ1) is 12.5. The number of nitrogens with two attached hydrogens (primary N) is 1. The molecule has 2 fully saturated rings. The molecule has 142 valence electrons. The van der Waals surface area contributed by atoms with Crippen molar-refractivity contribution in [2.24, 2.45) is 11.1 Å². The average Bonchev–Trinajstić information content (AvgIpc) is 2.69. The molecule has 2 aliphatic rings. The number of halogens is 1. The normalized spacial score (nSPS) is 20.1. The Balaban J connectivity index is 1.53. The molecule has 0 aromatic heterocycles. The van der Waals surface area contributed by atoms with Gasteiger partial charge in [-0.2, -0.15) is 0 Å². The number of piperazine rings is 1. The average molecular weight is 378 g/mol. The molecule has 0 bridgehead atoms. The van der Waals surface area contributed by atoms with Crippen molar-refractivity contribution >= 4 is 23.4 Å². The van der Waals surface area contributed by atoms with E-state index in [1.807, 2.05) is 9.80 Å². The van der Waals surface area contributed by atoms with Gasteiger partial charge < -0.3 is 15.5 Å². The third-order valence-electron chi connectivity index (χ3n) is 5.88. The third kappa shape index (κ3) is 4.38. The molecule has 0 unspecified atom stereocenters.